The Kier molecular flexibility index (Phi) is 6.51. The summed E-state index contributed by atoms with van der Waals surface area (Å²) < 4.78 is 19.5. The predicted molar refractivity (Wildman–Crippen MR) is 119 cm³/mol. The summed E-state index contributed by atoms with van der Waals surface area (Å²) in [5.74, 6) is 0.654. The molecule has 0 bridgehead atoms. The van der Waals surface area contributed by atoms with E-state index in [9.17, 15) is 14.6 Å². The largest absolute Gasteiger partial charge is 0.457 e. The van der Waals surface area contributed by atoms with Crippen molar-refractivity contribution in [2.24, 2.45) is 5.73 Å². The molecule has 0 radical (unpaired) electrons. The van der Waals surface area contributed by atoms with E-state index in [1.54, 1.807) is 18.2 Å². The highest BCUT2D eigenvalue weighted by molar-refractivity contribution is 5.75. The number of hydrogen-bond acceptors (Lipinski definition) is 5. The third-order valence-electron chi connectivity index (χ3n) is 5.65. The van der Waals surface area contributed by atoms with Crippen molar-refractivity contribution < 1.29 is 19.3 Å². The fourth-order valence-electron chi connectivity index (χ4n) is 4.00. The van der Waals surface area contributed by atoms with Gasteiger partial charge in [-0.15, -0.1) is 0 Å². The van der Waals surface area contributed by atoms with E-state index in [1.165, 1.54) is 12.1 Å². The third-order valence-corrected chi connectivity index (χ3v) is 5.65. The van der Waals surface area contributed by atoms with Crippen molar-refractivity contribution in [2.45, 2.75) is 44.1 Å². The summed E-state index contributed by atoms with van der Waals surface area (Å²) in [6, 6.07) is 19.4. The Morgan fingerprint density at radius 1 is 0.968 bits per heavy atom. The first-order valence-electron chi connectivity index (χ1n) is 10.5. The summed E-state index contributed by atoms with van der Waals surface area (Å²) in [5.41, 5.74) is 8.88. The Morgan fingerprint density at radius 2 is 1.74 bits per heavy atom. The summed E-state index contributed by atoms with van der Waals surface area (Å²) >= 11 is 0. The normalized spacial score (nSPS) is 19.6. The van der Waals surface area contributed by atoms with Crippen LogP contribution in [0.2, 0.25) is 0 Å². The van der Waals surface area contributed by atoms with Crippen LogP contribution in [0.25, 0.3) is 11.1 Å². The fourth-order valence-corrected chi connectivity index (χ4v) is 4.00. The molecule has 1 saturated carbocycles. The van der Waals surface area contributed by atoms with Crippen LogP contribution in [0.5, 0.6) is 11.5 Å². The molecule has 0 heterocycles. The zero-order chi connectivity index (χ0) is 21.8. The van der Waals surface area contributed by atoms with Gasteiger partial charge in [0.1, 0.15) is 23.5 Å². The molecule has 4 rings (SSSR count). The Morgan fingerprint density at radius 3 is 2.48 bits per heavy atom. The lowest BCUT2D eigenvalue weighted by atomic mass is 9.92. The van der Waals surface area contributed by atoms with Gasteiger partial charge in [0, 0.05) is 28.9 Å². The van der Waals surface area contributed by atoms with Crippen molar-refractivity contribution >= 4 is 5.69 Å². The van der Waals surface area contributed by atoms with Gasteiger partial charge < -0.3 is 26.0 Å². The van der Waals surface area contributed by atoms with Crippen molar-refractivity contribution in [1.29, 1.82) is 0 Å². The van der Waals surface area contributed by atoms with Gasteiger partial charge >= 0.3 is 0 Å². The number of aliphatic hydroxyl groups excluding tert-OH is 2. The first-order valence-corrected chi connectivity index (χ1v) is 10.5. The minimum absolute atomic E-state index is 0.204. The Hall–Kier alpha value is -2.93. The second-order valence-corrected chi connectivity index (χ2v) is 7.95. The standard InChI is InChI=1S/C25H27FN2O3/c26-17-4-3-5-20(15-17)31-24-7-2-1-6-21(24)16-8-13-22(25(27)30)23(14-16)28-18-9-11-19(29)12-10-18/h1-8,13-15,18-19,25,28-30H,9-12,27H2. The van der Waals surface area contributed by atoms with E-state index in [-0.39, 0.29) is 18.0 Å². The predicted octanol–water partition coefficient (Wildman–Crippen LogP) is 4.95. The van der Waals surface area contributed by atoms with Gasteiger partial charge in [0.25, 0.3) is 0 Å². The Bertz CT molecular complexity index is 1030. The van der Waals surface area contributed by atoms with Crippen LogP contribution in [0.1, 0.15) is 37.5 Å². The minimum Gasteiger partial charge on any atom is -0.457 e. The lowest BCUT2D eigenvalue weighted by Crippen LogP contribution is -2.29. The lowest BCUT2D eigenvalue weighted by molar-refractivity contribution is 0.126. The second kappa shape index (κ2) is 9.47. The number of hydrogen-bond donors (Lipinski definition) is 4. The van der Waals surface area contributed by atoms with Gasteiger partial charge in [-0.05, 0) is 55.5 Å². The summed E-state index contributed by atoms with van der Waals surface area (Å²) in [6.07, 6.45) is 1.86. The Labute approximate surface area is 181 Å². The molecule has 0 saturated heterocycles. The molecule has 1 atom stereocenters. The van der Waals surface area contributed by atoms with Gasteiger partial charge in [-0.1, -0.05) is 36.4 Å². The van der Waals surface area contributed by atoms with Crippen molar-refractivity contribution in [3.05, 3.63) is 78.1 Å². The SMILES string of the molecule is NC(O)c1ccc(-c2ccccc2Oc2cccc(F)c2)cc1NC1CCC(O)CC1. The highest BCUT2D eigenvalue weighted by Crippen LogP contribution is 2.36. The van der Waals surface area contributed by atoms with Crippen molar-refractivity contribution in [2.75, 3.05) is 5.32 Å². The maximum Gasteiger partial charge on any atom is 0.135 e. The zero-order valence-corrected chi connectivity index (χ0v) is 17.2. The number of halogens is 1. The molecule has 3 aromatic rings. The van der Waals surface area contributed by atoms with Crippen LogP contribution in [-0.4, -0.2) is 22.4 Å². The summed E-state index contributed by atoms with van der Waals surface area (Å²) in [5, 5.41) is 23.3. The van der Waals surface area contributed by atoms with E-state index in [1.807, 2.05) is 36.4 Å². The number of anilines is 1. The topological polar surface area (TPSA) is 87.7 Å². The molecular formula is C25H27FN2O3. The molecule has 1 unspecified atom stereocenters. The van der Waals surface area contributed by atoms with Crippen LogP contribution in [-0.2, 0) is 0 Å². The summed E-state index contributed by atoms with van der Waals surface area (Å²) in [4.78, 5) is 0. The number of nitrogens with two attached hydrogens (primary N) is 1. The van der Waals surface area contributed by atoms with Crippen LogP contribution in [0.15, 0.2) is 66.7 Å². The summed E-state index contributed by atoms with van der Waals surface area (Å²) in [6.45, 7) is 0. The average molecular weight is 423 g/mol. The number of benzene rings is 3. The van der Waals surface area contributed by atoms with E-state index >= 15 is 0 Å². The van der Waals surface area contributed by atoms with Crippen molar-refractivity contribution in [1.82, 2.24) is 0 Å². The van der Waals surface area contributed by atoms with Gasteiger partial charge in [-0.25, -0.2) is 4.39 Å². The minimum atomic E-state index is -1.11. The molecule has 1 aliphatic carbocycles. The van der Waals surface area contributed by atoms with Gasteiger partial charge in [0.05, 0.1) is 6.10 Å². The van der Waals surface area contributed by atoms with Crippen LogP contribution in [0, 0.1) is 5.82 Å². The molecule has 3 aromatic carbocycles. The molecule has 0 aliphatic heterocycles. The number of rotatable bonds is 6. The second-order valence-electron chi connectivity index (χ2n) is 7.95. The van der Waals surface area contributed by atoms with Crippen LogP contribution >= 0.6 is 0 Å². The molecule has 31 heavy (non-hydrogen) atoms. The third kappa shape index (κ3) is 5.22. The van der Waals surface area contributed by atoms with Gasteiger partial charge in [-0.2, -0.15) is 0 Å². The quantitative estimate of drug-likeness (QED) is 0.422. The summed E-state index contributed by atoms with van der Waals surface area (Å²) in [7, 11) is 0. The Balaban J connectivity index is 1.65. The van der Waals surface area contributed by atoms with Crippen LogP contribution in [0.4, 0.5) is 10.1 Å². The molecule has 5 N–H and O–H groups in total. The maximum atomic E-state index is 13.6. The molecule has 0 amide bonds. The average Bonchev–Trinajstić information content (AvgIpc) is 2.75. The van der Waals surface area contributed by atoms with Gasteiger partial charge in [-0.3, -0.25) is 0 Å². The first-order chi connectivity index (χ1) is 15.0. The van der Waals surface area contributed by atoms with Gasteiger partial charge in [0.2, 0.25) is 0 Å². The van der Waals surface area contributed by atoms with Crippen LogP contribution in [0.3, 0.4) is 0 Å². The van der Waals surface area contributed by atoms with E-state index in [4.69, 9.17) is 10.5 Å². The van der Waals surface area contributed by atoms with E-state index in [0.29, 0.717) is 17.1 Å². The molecule has 6 heteroatoms. The van der Waals surface area contributed by atoms with E-state index in [0.717, 1.165) is 42.5 Å². The van der Waals surface area contributed by atoms with Crippen molar-refractivity contribution in [3.63, 3.8) is 0 Å². The highest BCUT2D eigenvalue weighted by atomic mass is 19.1. The number of para-hydroxylation sites is 1. The lowest BCUT2D eigenvalue weighted by Gasteiger charge is -2.28. The molecule has 162 valence electrons. The maximum absolute atomic E-state index is 13.6. The number of nitrogens with one attached hydrogen (secondary N) is 1. The number of ether oxygens (including phenoxy) is 1. The highest BCUT2D eigenvalue weighted by Gasteiger charge is 2.21. The molecule has 1 fully saturated rings. The smallest absolute Gasteiger partial charge is 0.135 e. The molecular weight excluding hydrogens is 395 g/mol. The van der Waals surface area contributed by atoms with Gasteiger partial charge in [0.15, 0.2) is 0 Å². The molecule has 5 nitrogen and oxygen atoms in total. The molecule has 0 spiro atoms. The fraction of sp³-hybridized carbons (Fsp3) is 0.280. The van der Waals surface area contributed by atoms with E-state index < -0.39 is 6.23 Å². The monoisotopic (exact) mass is 422 g/mol. The van der Waals surface area contributed by atoms with E-state index in [2.05, 4.69) is 5.32 Å². The molecule has 1 aliphatic rings. The van der Waals surface area contributed by atoms with Crippen molar-refractivity contribution in [3.8, 4) is 22.6 Å². The number of aliphatic hydroxyl groups is 2. The molecule has 0 aromatic heterocycles. The van der Waals surface area contributed by atoms with Crippen LogP contribution < -0.4 is 15.8 Å². The zero-order valence-electron chi connectivity index (χ0n) is 17.2. The first kappa shape index (κ1) is 21.3.